The lowest BCUT2D eigenvalue weighted by atomic mass is 10.3. The van der Waals surface area contributed by atoms with E-state index in [2.05, 4.69) is 10.6 Å². The number of rotatable bonds is 6. The van der Waals surface area contributed by atoms with Crippen molar-refractivity contribution in [3.63, 3.8) is 0 Å². The van der Waals surface area contributed by atoms with Gasteiger partial charge in [-0.3, -0.25) is 10.2 Å². The van der Waals surface area contributed by atoms with E-state index in [1.807, 2.05) is 4.83 Å². The van der Waals surface area contributed by atoms with Gasteiger partial charge in [-0.2, -0.15) is 0 Å². The van der Waals surface area contributed by atoms with Gasteiger partial charge in [-0.05, 0) is 45.0 Å². The van der Waals surface area contributed by atoms with E-state index < -0.39 is 27.9 Å². The zero-order chi connectivity index (χ0) is 17.9. The molecule has 2 aromatic rings. The zero-order valence-electron chi connectivity index (χ0n) is 13.2. The van der Waals surface area contributed by atoms with Crippen molar-refractivity contribution in [1.29, 1.82) is 0 Å². The van der Waals surface area contributed by atoms with Gasteiger partial charge in [0.25, 0.3) is 15.9 Å². The Morgan fingerprint density at radius 1 is 1.29 bits per heavy atom. The van der Waals surface area contributed by atoms with E-state index in [1.165, 1.54) is 45.0 Å². The van der Waals surface area contributed by atoms with Crippen LogP contribution >= 0.6 is 0 Å². The van der Waals surface area contributed by atoms with Crippen LogP contribution in [0.2, 0.25) is 0 Å². The van der Waals surface area contributed by atoms with Gasteiger partial charge in [0.2, 0.25) is 0 Å². The van der Waals surface area contributed by atoms with Gasteiger partial charge in [0.15, 0.2) is 11.9 Å². The topological polar surface area (TPSA) is 111 Å². The lowest BCUT2D eigenvalue weighted by Gasteiger charge is -2.15. The van der Waals surface area contributed by atoms with Crippen LogP contribution in [0.1, 0.15) is 18.4 Å². The van der Waals surface area contributed by atoms with E-state index in [1.54, 1.807) is 0 Å². The van der Waals surface area contributed by atoms with Gasteiger partial charge in [-0.25, -0.2) is 12.8 Å². The number of benzene rings is 1. The van der Waals surface area contributed by atoms with Crippen molar-refractivity contribution < 1.29 is 26.9 Å². The number of ether oxygens (including phenoxy) is 1. The minimum absolute atomic E-state index is 0.102. The van der Waals surface area contributed by atoms with Gasteiger partial charge in [-0.15, -0.1) is 4.83 Å². The predicted molar refractivity (Wildman–Crippen MR) is 80.9 cm³/mol. The number of sulfonamides is 1. The van der Waals surface area contributed by atoms with Crippen molar-refractivity contribution in [3.05, 3.63) is 41.5 Å². The molecule has 8 nitrogen and oxygen atoms in total. The van der Waals surface area contributed by atoms with E-state index in [-0.39, 0.29) is 22.1 Å². The first-order valence-corrected chi connectivity index (χ1v) is 8.36. The summed E-state index contributed by atoms with van der Waals surface area (Å²) in [6.45, 7) is 4.33. The van der Waals surface area contributed by atoms with Crippen LogP contribution in [-0.2, 0) is 14.8 Å². The third-order valence-electron chi connectivity index (χ3n) is 3.04. The highest BCUT2D eigenvalue weighted by Crippen LogP contribution is 2.18. The third-order valence-corrected chi connectivity index (χ3v) is 4.53. The molecule has 1 heterocycles. The molecule has 0 aliphatic heterocycles. The van der Waals surface area contributed by atoms with Gasteiger partial charge in [0, 0.05) is 0 Å². The molecule has 0 unspecified atom stereocenters. The lowest BCUT2D eigenvalue weighted by Crippen LogP contribution is -2.47. The van der Waals surface area contributed by atoms with Crippen LogP contribution in [0.3, 0.4) is 0 Å². The average molecular weight is 357 g/mol. The summed E-state index contributed by atoms with van der Waals surface area (Å²) in [5.74, 6) is -0.793. The minimum Gasteiger partial charge on any atom is -0.481 e. The van der Waals surface area contributed by atoms with Crippen LogP contribution in [0.5, 0.6) is 5.75 Å². The number of aryl methyl sites for hydroxylation is 2. The molecule has 1 aromatic heterocycles. The summed E-state index contributed by atoms with van der Waals surface area (Å²) >= 11 is 0. The molecule has 0 saturated carbocycles. The number of aromatic nitrogens is 1. The Bertz CT molecular complexity index is 813. The standard InChI is InChI=1S/C14H16FN3O5S/c1-8-13(9(2)23-17-8)24(20,21)18-16-14(19)10(3)22-12-6-4-11(15)5-7-12/h4-7,10,18H,1-3H3,(H,16,19)/t10-/m1/s1. The first kappa shape index (κ1) is 17.9. The molecule has 0 aliphatic carbocycles. The minimum atomic E-state index is -4.03. The summed E-state index contributed by atoms with van der Waals surface area (Å²) in [4.78, 5) is 13.7. The molecule has 130 valence electrons. The molecule has 1 aromatic carbocycles. The molecule has 0 radical (unpaired) electrons. The normalized spacial score (nSPS) is 12.7. The maximum Gasteiger partial charge on any atom is 0.275 e. The number of halogens is 1. The van der Waals surface area contributed by atoms with E-state index >= 15 is 0 Å². The maximum absolute atomic E-state index is 12.8. The van der Waals surface area contributed by atoms with Gasteiger partial charge in [-0.1, -0.05) is 5.16 Å². The first-order valence-electron chi connectivity index (χ1n) is 6.87. The number of amides is 1. The number of hydrogen-bond donors (Lipinski definition) is 2. The number of carbonyl (C=O) groups is 1. The van der Waals surface area contributed by atoms with Gasteiger partial charge < -0.3 is 9.26 Å². The van der Waals surface area contributed by atoms with Crippen LogP contribution in [-0.4, -0.2) is 25.6 Å². The van der Waals surface area contributed by atoms with Crippen molar-refractivity contribution in [3.8, 4) is 5.75 Å². The Hall–Kier alpha value is -2.46. The van der Waals surface area contributed by atoms with Crippen LogP contribution in [0.15, 0.2) is 33.7 Å². The van der Waals surface area contributed by atoms with Crippen molar-refractivity contribution in [2.24, 2.45) is 0 Å². The highest BCUT2D eigenvalue weighted by molar-refractivity contribution is 7.89. The fraction of sp³-hybridized carbons (Fsp3) is 0.286. The lowest BCUT2D eigenvalue weighted by molar-refractivity contribution is -0.127. The van der Waals surface area contributed by atoms with Crippen LogP contribution in [0, 0.1) is 19.7 Å². The second kappa shape index (κ2) is 6.97. The largest absolute Gasteiger partial charge is 0.481 e. The summed E-state index contributed by atoms with van der Waals surface area (Å²) in [6.07, 6.45) is -1.01. The monoisotopic (exact) mass is 357 g/mol. The summed E-state index contributed by atoms with van der Waals surface area (Å²) in [5, 5.41) is 3.55. The molecular weight excluding hydrogens is 341 g/mol. The maximum atomic E-state index is 12.8. The average Bonchev–Trinajstić information content (AvgIpc) is 2.86. The fourth-order valence-corrected chi connectivity index (χ4v) is 3.08. The van der Waals surface area contributed by atoms with Crippen molar-refractivity contribution in [1.82, 2.24) is 15.4 Å². The zero-order valence-corrected chi connectivity index (χ0v) is 14.0. The summed E-state index contributed by atoms with van der Waals surface area (Å²) in [6, 6.07) is 5.07. The number of nitrogens with zero attached hydrogens (tertiary/aromatic N) is 1. The molecule has 0 saturated heterocycles. The molecule has 0 fully saturated rings. The van der Waals surface area contributed by atoms with E-state index in [4.69, 9.17) is 9.26 Å². The second-order valence-corrected chi connectivity index (χ2v) is 6.58. The van der Waals surface area contributed by atoms with Gasteiger partial charge in [0.1, 0.15) is 22.2 Å². The van der Waals surface area contributed by atoms with E-state index in [9.17, 15) is 17.6 Å². The first-order chi connectivity index (χ1) is 11.2. The Morgan fingerprint density at radius 3 is 2.46 bits per heavy atom. The third kappa shape index (κ3) is 4.09. The molecule has 10 heteroatoms. The highest BCUT2D eigenvalue weighted by atomic mass is 32.2. The molecule has 24 heavy (non-hydrogen) atoms. The molecule has 0 spiro atoms. The predicted octanol–water partition coefficient (Wildman–Crippen LogP) is 1.21. The van der Waals surface area contributed by atoms with Gasteiger partial charge in [0.05, 0.1) is 0 Å². The molecule has 0 bridgehead atoms. The van der Waals surface area contributed by atoms with Crippen molar-refractivity contribution in [2.45, 2.75) is 31.8 Å². The smallest absolute Gasteiger partial charge is 0.275 e. The van der Waals surface area contributed by atoms with E-state index in [0.29, 0.717) is 0 Å². The molecular formula is C14H16FN3O5S. The van der Waals surface area contributed by atoms with E-state index in [0.717, 1.165) is 0 Å². The Balaban J connectivity index is 1.98. The molecule has 1 atom stereocenters. The molecule has 2 rings (SSSR count). The molecule has 1 amide bonds. The van der Waals surface area contributed by atoms with Crippen LogP contribution in [0.4, 0.5) is 4.39 Å². The van der Waals surface area contributed by atoms with Crippen molar-refractivity contribution >= 4 is 15.9 Å². The Labute approximate surface area is 138 Å². The fourth-order valence-electron chi connectivity index (χ4n) is 1.90. The summed E-state index contributed by atoms with van der Waals surface area (Å²) in [7, 11) is -4.03. The number of hydrogen-bond acceptors (Lipinski definition) is 6. The molecule has 0 aliphatic rings. The van der Waals surface area contributed by atoms with Gasteiger partial charge >= 0.3 is 0 Å². The van der Waals surface area contributed by atoms with Crippen LogP contribution < -0.4 is 15.0 Å². The van der Waals surface area contributed by atoms with Crippen LogP contribution in [0.25, 0.3) is 0 Å². The quantitative estimate of drug-likeness (QED) is 0.752. The second-order valence-electron chi connectivity index (χ2n) is 4.96. The number of nitrogens with one attached hydrogen (secondary N) is 2. The highest BCUT2D eigenvalue weighted by Gasteiger charge is 2.25. The number of hydrazine groups is 1. The Morgan fingerprint density at radius 2 is 1.92 bits per heavy atom. The van der Waals surface area contributed by atoms with Crippen molar-refractivity contribution in [2.75, 3.05) is 0 Å². The molecule has 2 N–H and O–H groups in total. The summed E-state index contributed by atoms with van der Waals surface area (Å²) in [5.41, 5.74) is 2.22. The SMILES string of the molecule is Cc1noc(C)c1S(=O)(=O)NNC(=O)[C@@H](C)Oc1ccc(F)cc1. The summed E-state index contributed by atoms with van der Waals surface area (Å²) < 4.78 is 47.2. The number of carbonyl (C=O) groups excluding carboxylic acids is 1. The Kier molecular flexibility index (Phi) is 5.20.